The van der Waals surface area contributed by atoms with Crippen molar-refractivity contribution >= 4 is 35.8 Å². The molecule has 0 aliphatic rings. The standard InChI is InChI=1S/C9H20O4.3C6H10O4/c1-7(11)5-12-9(3)6-13-8(2)4-10;3*7-5(8)3-1-2-4-6(9)10/h7-11H,4-6H2,1-3H3;3*1-4H2,(H,7,8)(H,9,10). The second kappa shape index (κ2) is 33.2. The van der Waals surface area contributed by atoms with Gasteiger partial charge in [-0.15, -0.1) is 0 Å². The summed E-state index contributed by atoms with van der Waals surface area (Å²) in [5, 5.41) is 66.4. The number of carboxylic acid groups (broad SMARTS) is 6. The van der Waals surface area contributed by atoms with Gasteiger partial charge in [-0.05, 0) is 59.3 Å². The van der Waals surface area contributed by atoms with E-state index >= 15 is 0 Å². The minimum atomic E-state index is -0.870. The van der Waals surface area contributed by atoms with Crippen molar-refractivity contribution in [3.8, 4) is 0 Å². The molecule has 0 aromatic heterocycles. The summed E-state index contributed by atoms with van der Waals surface area (Å²) in [4.78, 5) is 59.4. The summed E-state index contributed by atoms with van der Waals surface area (Å²) >= 11 is 0. The number of hydrogen-bond donors (Lipinski definition) is 8. The van der Waals surface area contributed by atoms with Crippen LogP contribution >= 0.6 is 0 Å². The van der Waals surface area contributed by atoms with Crippen LogP contribution in [-0.4, -0.2) is 115 Å². The van der Waals surface area contributed by atoms with Gasteiger partial charge in [0.15, 0.2) is 0 Å². The molecule has 3 atom stereocenters. The summed E-state index contributed by atoms with van der Waals surface area (Å²) in [7, 11) is 0. The van der Waals surface area contributed by atoms with Crippen molar-refractivity contribution < 1.29 is 79.1 Å². The van der Waals surface area contributed by atoms with Gasteiger partial charge >= 0.3 is 35.8 Å². The number of aliphatic hydroxyl groups excluding tert-OH is 2. The van der Waals surface area contributed by atoms with Crippen molar-refractivity contribution in [2.75, 3.05) is 19.8 Å². The Morgan fingerprint density at radius 3 is 0.884 bits per heavy atom. The monoisotopic (exact) mass is 630 g/mol. The first-order valence-corrected chi connectivity index (χ1v) is 13.8. The molecule has 0 amide bonds. The summed E-state index contributed by atoms with van der Waals surface area (Å²) < 4.78 is 10.5. The zero-order valence-electron chi connectivity index (χ0n) is 25.2. The van der Waals surface area contributed by atoms with E-state index in [-0.39, 0.29) is 57.3 Å². The van der Waals surface area contributed by atoms with E-state index in [2.05, 4.69) is 0 Å². The van der Waals surface area contributed by atoms with Crippen molar-refractivity contribution in [3.63, 3.8) is 0 Å². The summed E-state index contributed by atoms with van der Waals surface area (Å²) in [5.74, 6) is -5.22. The highest BCUT2D eigenvalue weighted by molar-refractivity contribution is 5.69. The van der Waals surface area contributed by atoms with Crippen LogP contribution in [0.15, 0.2) is 0 Å². The van der Waals surface area contributed by atoms with Crippen LogP contribution in [0.2, 0.25) is 0 Å². The molecule has 8 N–H and O–H groups in total. The normalized spacial score (nSPS) is 11.9. The predicted octanol–water partition coefficient (Wildman–Crippen LogP) is 2.32. The Balaban J connectivity index is -0.000000238. The van der Waals surface area contributed by atoms with Gasteiger partial charge in [0.2, 0.25) is 0 Å². The molecule has 0 heterocycles. The highest BCUT2D eigenvalue weighted by Crippen LogP contribution is 2.00. The quantitative estimate of drug-likeness (QED) is 0.0796. The van der Waals surface area contributed by atoms with Crippen LogP contribution in [0.4, 0.5) is 0 Å². The van der Waals surface area contributed by atoms with Crippen molar-refractivity contribution in [1.82, 2.24) is 0 Å². The molecule has 0 aromatic carbocycles. The highest BCUT2D eigenvalue weighted by Gasteiger charge is 2.07. The van der Waals surface area contributed by atoms with Gasteiger partial charge in [0.25, 0.3) is 0 Å². The van der Waals surface area contributed by atoms with Crippen molar-refractivity contribution in [3.05, 3.63) is 0 Å². The zero-order valence-corrected chi connectivity index (χ0v) is 25.2. The largest absolute Gasteiger partial charge is 0.481 e. The molecule has 0 rings (SSSR count). The third-order valence-electron chi connectivity index (χ3n) is 4.59. The van der Waals surface area contributed by atoms with E-state index in [1.807, 2.05) is 6.92 Å². The van der Waals surface area contributed by atoms with Crippen LogP contribution in [-0.2, 0) is 38.2 Å². The molecule has 0 bridgehead atoms. The molecule has 0 radical (unpaired) electrons. The van der Waals surface area contributed by atoms with E-state index in [9.17, 15) is 28.8 Å². The second-order valence-corrected chi connectivity index (χ2v) is 9.30. The summed E-state index contributed by atoms with van der Waals surface area (Å²) in [5.41, 5.74) is 0. The number of carboxylic acids is 6. The molecule has 0 saturated heterocycles. The first kappa shape index (κ1) is 46.6. The Morgan fingerprint density at radius 2 is 0.698 bits per heavy atom. The SMILES string of the molecule is CC(O)COC(C)COC(C)CO.O=C(O)CCCCC(=O)O.O=C(O)CCCCC(=O)O.O=C(O)CCCCC(=O)O. The summed E-state index contributed by atoms with van der Waals surface area (Å²) in [6, 6.07) is 0. The first-order chi connectivity index (χ1) is 19.9. The smallest absolute Gasteiger partial charge is 0.303 e. The molecule has 16 heteroatoms. The lowest BCUT2D eigenvalue weighted by molar-refractivity contribution is -0.139. The summed E-state index contributed by atoms with van der Waals surface area (Å²) in [6.07, 6.45) is 2.40. The van der Waals surface area contributed by atoms with E-state index in [1.165, 1.54) is 0 Å². The van der Waals surface area contributed by atoms with Gasteiger partial charge in [-0.2, -0.15) is 0 Å². The molecule has 0 aliphatic carbocycles. The van der Waals surface area contributed by atoms with Crippen LogP contribution in [0.5, 0.6) is 0 Å². The zero-order chi connectivity index (χ0) is 34.2. The fourth-order valence-electron chi connectivity index (χ4n) is 2.36. The molecule has 254 valence electrons. The van der Waals surface area contributed by atoms with Gasteiger partial charge in [0.1, 0.15) is 0 Å². The molecule has 43 heavy (non-hydrogen) atoms. The number of hydrogen-bond acceptors (Lipinski definition) is 10. The average Bonchev–Trinajstić information content (AvgIpc) is 2.89. The topological polar surface area (TPSA) is 283 Å². The Labute approximate surface area is 251 Å². The van der Waals surface area contributed by atoms with Gasteiger partial charge in [-0.3, -0.25) is 28.8 Å². The first-order valence-electron chi connectivity index (χ1n) is 13.8. The Kier molecular flexibility index (Phi) is 36.0. The Bertz CT molecular complexity index is 629. The number of aliphatic carboxylic acids is 6. The average molecular weight is 631 g/mol. The van der Waals surface area contributed by atoms with Crippen LogP contribution in [0, 0.1) is 0 Å². The van der Waals surface area contributed by atoms with E-state index in [4.69, 9.17) is 50.3 Å². The fourth-order valence-corrected chi connectivity index (χ4v) is 2.36. The van der Waals surface area contributed by atoms with E-state index < -0.39 is 41.9 Å². The number of ether oxygens (including phenoxy) is 2. The molecule has 3 unspecified atom stereocenters. The lowest BCUT2D eigenvalue weighted by Crippen LogP contribution is -2.24. The predicted molar refractivity (Wildman–Crippen MR) is 151 cm³/mol. The molecule has 0 fully saturated rings. The van der Waals surface area contributed by atoms with E-state index in [0.717, 1.165) is 0 Å². The number of carbonyl (C=O) groups is 6. The Morgan fingerprint density at radius 1 is 0.465 bits per heavy atom. The van der Waals surface area contributed by atoms with Crippen LogP contribution in [0.1, 0.15) is 97.8 Å². The summed E-state index contributed by atoms with van der Waals surface area (Å²) in [6.45, 7) is 6.10. The fraction of sp³-hybridized carbons (Fsp3) is 0.778. The molecule has 16 nitrogen and oxygen atoms in total. The lowest BCUT2D eigenvalue weighted by atomic mass is 10.2. The lowest BCUT2D eigenvalue weighted by Gasteiger charge is -2.16. The van der Waals surface area contributed by atoms with Gasteiger partial charge < -0.3 is 50.3 Å². The van der Waals surface area contributed by atoms with Gasteiger partial charge in [0, 0.05) is 38.5 Å². The highest BCUT2D eigenvalue weighted by atomic mass is 16.5. The number of unbranched alkanes of at least 4 members (excludes halogenated alkanes) is 3. The molecular formula is C27H50O16. The molecular weight excluding hydrogens is 580 g/mol. The number of aliphatic hydroxyl groups is 2. The second-order valence-electron chi connectivity index (χ2n) is 9.30. The van der Waals surface area contributed by atoms with Crippen LogP contribution in [0.25, 0.3) is 0 Å². The van der Waals surface area contributed by atoms with E-state index in [1.54, 1.807) is 13.8 Å². The minimum Gasteiger partial charge on any atom is -0.481 e. The van der Waals surface area contributed by atoms with Crippen LogP contribution in [0.3, 0.4) is 0 Å². The van der Waals surface area contributed by atoms with Crippen molar-refractivity contribution in [2.24, 2.45) is 0 Å². The van der Waals surface area contributed by atoms with Gasteiger partial charge in [-0.25, -0.2) is 0 Å². The molecule has 0 saturated carbocycles. The number of rotatable bonds is 22. The van der Waals surface area contributed by atoms with Gasteiger partial charge in [0.05, 0.1) is 38.1 Å². The minimum absolute atomic E-state index is 0.0170. The maximum absolute atomic E-state index is 9.90. The van der Waals surface area contributed by atoms with E-state index in [0.29, 0.717) is 51.7 Å². The third-order valence-corrected chi connectivity index (χ3v) is 4.59. The molecule has 0 spiro atoms. The molecule has 0 aliphatic heterocycles. The maximum Gasteiger partial charge on any atom is 0.303 e. The van der Waals surface area contributed by atoms with Crippen LogP contribution < -0.4 is 0 Å². The van der Waals surface area contributed by atoms with Crippen molar-refractivity contribution in [2.45, 2.75) is 116 Å². The van der Waals surface area contributed by atoms with Gasteiger partial charge in [-0.1, -0.05) is 0 Å². The Hall–Kier alpha value is -3.34. The van der Waals surface area contributed by atoms with Crippen molar-refractivity contribution in [1.29, 1.82) is 0 Å². The molecule has 0 aromatic rings. The third kappa shape index (κ3) is 59.1. The maximum atomic E-state index is 9.90.